The lowest BCUT2D eigenvalue weighted by Crippen LogP contribution is -2.28. The molecule has 1 heterocycles. The number of carbonyl (C=O) groups is 2. The molecule has 3 aromatic rings. The Morgan fingerprint density at radius 1 is 1.03 bits per heavy atom. The molecule has 0 bridgehead atoms. The van der Waals surface area contributed by atoms with Crippen molar-refractivity contribution in [3.63, 3.8) is 0 Å². The van der Waals surface area contributed by atoms with Crippen molar-refractivity contribution in [1.29, 1.82) is 0 Å². The van der Waals surface area contributed by atoms with E-state index in [1.165, 1.54) is 4.68 Å². The van der Waals surface area contributed by atoms with E-state index < -0.39 is 24.4 Å². The molecule has 3 rings (SSSR count). The molecule has 0 unspecified atom stereocenters. The lowest BCUT2D eigenvalue weighted by molar-refractivity contribution is -0.150. The molecule has 1 aromatic heterocycles. The summed E-state index contributed by atoms with van der Waals surface area (Å²) >= 11 is 0. The van der Waals surface area contributed by atoms with E-state index in [1.807, 2.05) is 74.5 Å². The zero-order valence-electron chi connectivity index (χ0n) is 18.9. The van der Waals surface area contributed by atoms with Gasteiger partial charge in [0.2, 0.25) is 0 Å². The van der Waals surface area contributed by atoms with Gasteiger partial charge in [-0.15, -0.1) is 0 Å². The minimum Gasteiger partial charge on any atom is -0.455 e. The Morgan fingerprint density at radius 2 is 1.62 bits per heavy atom. The number of hydrogen-bond acceptors (Lipinski definition) is 4. The Morgan fingerprint density at radius 3 is 2.22 bits per heavy atom. The van der Waals surface area contributed by atoms with Gasteiger partial charge in [0.1, 0.15) is 5.69 Å². The maximum atomic E-state index is 12.9. The monoisotopic (exact) mass is 435 g/mol. The van der Waals surface area contributed by atoms with E-state index in [-0.39, 0.29) is 17.2 Å². The van der Waals surface area contributed by atoms with Crippen LogP contribution in [0.5, 0.6) is 0 Å². The van der Waals surface area contributed by atoms with Gasteiger partial charge >= 0.3 is 5.97 Å². The van der Waals surface area contributed by atoms with Gasteiger partial charge < -0.3 is 10.1 Å². The Kier molecular flexibility index (Phi) is 7.30. The number of benzene rings is 2. The van der Waals surface area contributed by atoms with Crippen LogP contribution in [0.1, 0.15) is 37.4 Å². The number of carbonyl (C=O) groups excluding carboxylic acids is 2. The predicted molar refractivity (Wildman–Crippen MR) is 124 cm³/mol. The Bertz CT molecular complexity index is 1130. The second-order valence-electron chi connectivity index (χ2n) is 7.87. The fourth-order valence-corrected chi connectivity index (χ4v) is 3.71. The van der Waals surface area contributed by atoms with Crippen molar-refractivity contribution in [1.82, 2.24) is 9.36 Å². The minimum absolute atomic E-state index is 0.0578. The molecule has 168 valence electrons. The summed E-state index contributed by atoms with van der Waals surface area (Å²) in [5.74, 6) is -1.40. The molecule has 7 heteroatoms. The lowest BCUT2D eigenvalue weighted by Gasteiger charge is -2.21. The maximum Gasteiger partial charge on any atom is 0.314 e. The first kappa shape index (κ1) is 23.1. The highest BCUT2D eigenvalue weighted by Crippen LogP contribution is 2.28. The first-order chi connectivity index (χ1) is 15.3. The zero-order valence-corrected chi connectivity index (χ0v) is 18.9. The second kappa shape index (κ2) is 10.1. The highest BCUT2D eigenvalue weighted by Gasteiger charge is 2.28. The van der Waals surface area contributed by atoms with Crippen LogP contribution in [0.3, 0.4) is 0 Å². The molecule has 0 aliphatic carbocycles. The third kappa shape index (κ3) is 4.82. The molecule has 0 spiro atoms. The SMILES string of the molecule is CC[C@@H](C)[C@H](C(=O)OCC(=O)Nc1c(C)n(C)n(-c2ccccc2)c1=O)c1ccccc1. The number of rotatable bonds is 8. The van der Waals surface area contributed by atoms with Crippen LogP contribution in [0.4, 0.5) is 5.69 Å². The largest absolute Gasteiger partial charge is 0.455 e. The number of ether oxygens (including phenoxy) is 1. The van der Waals surface area contributed by atoms with Crippen LogP contribution >= 0.6 is 0 Å². The van der Waals surface area contributed by atoms with E-state index in [0.29, 0.717) is 11.4 Å². The van der Waals surface area contributed by atoms with Gasteiger partial charge in [-0.25, -0.2) is 4.68 Å². The van der Waals surface area contributed by atoms with Crippen LogP contribution in [-0.2, 0) is 21.4 Å². The smallest absolute Gasteiger partial charge is 0.314 e. The van der Waals surface area contributed by atoms with Crippen molar-refractivity contribution in [2.45, 2.75) is 33.1 Å². The fraction of sp³-hybridized carbons (Fsp3) is 0.320. The van der Waals surface area contributed by atoms with Crippen LogP contribution in [0.15, 0.2) is 65.5 Å². The molecule has 0 aliphatic rings. The molecule has 2 aromatic carbocycles. The first-order valence-corrected chi connectivity index (χ1v) is 10.7. The summed E-state index contributed by atoms with van der Waals surface area (Å²) in [6.07, 6.45) is 0.795. The predicted octanol–water partition coefficient (Wildman–Crippen LogP) is 3.80. The van der Waals surface area contributed by atoms with Crippen LogP contribution in [0.25, 0.3) is 5.69 Å². The molecular formula is C25H29N3O4. The van der Waals surface area contributed by atoms with E-state index >= 15 is 0 Å². The van der Waals surface area contributed by atoms with Gasteiger partial charge in [-0.05, 0) is 30.5 Å². The second-order valence-corrected chi connectivity index (χ2v) is 7.87. The molecule has 2 atom stereocenters. The number of esters is 1. The molecule has 7 nitrogen and oxygen atoms in total. The average molecular weight is 436 g/mol. The van der Waals surface area contributed by atoms with E-state index in [0.717, 1.165) is 12.0 Å². The molecular weight excluding hydrogens is 406 g/mol. The molecule has 1 amide bonds. The zero-order chi connectivity index (χ0) is 23.3. The highest BCUT2D eigenvalue weighted by atomic mass is 16.5. The summed E-state index contributed by atoms with van der Waals surface area (Å²) in [4.78, 5) is 38.3. The van der Waals surface area contributed by atoms with Crippen LogP contribution in [0.2, 0.25) is 0 Å². The average Bonchev–Trinajstić information content (AvgIpc) is 3.02. The summed E-state index contributed by atoms with van der Waals surface area (Å²) in [5.41, 5.74) is 1.96. The van der Waals surface area contributed by atoms with E-state index in [9.17, 15) is 14.4 Å². The summed E-state index contributed by atoms with van der Waals surface area (Å²) in [7, 11) is 1.75. The van der Waals surface area contributed by atoms with E-state index in [4.69, 9.17) is 4.74 Å². The normalized spacial score (nSPS) is 12.8. The van der Waals surface area contributed by atoms with Crippen LogP contribution < -0.4 is 10.9 Å². The van der Waals surface area contributed by atoms with Crippen molar-refractivity contribution < 1.29 is 14.3 Å². The lowest BCUT2D eigenvalue weighted by atomic mass is 9.86. The van der Waals surface area contributed by atoms with E-state index in [1.54, 1.807) is 18.7 Å². The van der Waals surface area contributed by atoms with E-state index in [2.05, 4.69) is 5.32 Å². The number of aromatic nitrogens is 2. The number of para-hydroxylation sites is 1. The standard InChI is InChI=1S/C25H29N3O4/c1-5-17(2)22(19-12-8-6-9-13-19)25(31)32-16-21(29)26-23-18(3)27(4)28(24(23)30)20-14-10-7-11-15-20/h6-15,17,22H,5,16H2,1-4H3,(H,26,29)/t17-,22+/m1/s1. The van der Waals surface area contributed by atoms with Gasteiger partial charge in [-0.3, -0.25) is 19.1 Å². The third-order valence-electron chi connectivity index (χ3n) is 5.79. The molecule has 0 fully saturated rings. The third-order valence-corrected chi connectivity index (χ3v) is 5.79. The molecule has 0 saturated heterocycles. The van der Waals surface area contributed by atoms with Gasteiger partial charge in [0, 0.05) is 7.05 Å². The fourth-order valence-electron chi connectivity index (χ4n) is 3.71. The Hall–Kier alpha value is -3.61. The van der Waals surface area contributed by atoms with Crippen molar-refractivity contribution in [3.8, 4) is 5.69 Å². The molecule has 32 heavy (non-hydrogen) atoms. The van der Waals surface area contributed by atoms with Gasteiger partial charge in [0.15, 0.2) is 6.61 Å². The topological polar surface area (TPSA) is 82.3 Å². The summed E-state index contributed by atoms with van der Waals surface area (Å²) < 4.78 is 8.50. The maximum absolute atomic E-state index is 12.9. The Labute approximate surface area is 187 Å². The summed E-state index contributed by atoms with van der Waals surface area (Å²) in [5, 5.41) is 2.62. The molecule has 0 aliphatic heterocycles. The van der Waals surface area contributed by atoms with Gasteiger partial charge in [0.25, 0.3) is 11.5 Å². The van der Waals surface area contributed by atoms with Gasteiger partial charge in [-0.1, -0.05) is 68.8 Å². The first-order valence-electron chi connectivity index (χ1n) is 10.7. The number of amides is 1. The molecule has 0 radical (unpaired) electrons. The number of nitrogens with zero attached hydrogens (tertiary/aromatic N) is 2. The quantitative estimate of drug-likeness (QED) is 0.546. The van der Waals surface area contributed by atoms with Crippen LogP contribution in [0, 0.1) is 12.8 Å². The minimum atomic E-state index is -0.555. The number of hydrogen-bond donors (Lipinski definition) is 1. The van der Waals surface area contributed by atoms with Crippen LogP contribution in [-0.4, -0.2) is 27.8 Å². The Balaban J connectivity index is 1.72. The van der Waals surface area contributed by atoms with Crippen molar-refractivity contribution >= 4 is 17.6 Å². The highest BCUT2D eigenvalue weighted by molar-refractivity contribution is 5.93. The number of nitrogens with one attached hydrogen (secondary N) is 1. The summed E-state index contributed by atoms with van der Waals surface area (Å²) in [6.45, 7) is 5.28. The molecule has 0 saturated carbocycles. The van der Waals surface area contributed by atoms with Crippen molar-refractivity contribution in [2.24, 2.45) is 13.0 Å². The van der Waals surface area contributed by atoms with Crippen molar-refractivity contribution in [3.05, 3.63) is 82.3 Å². The molecule has 1 N–H and O–H groups in total. The van der Waals surface area contributed by atoms with Gasteiger partial charge in [0.05, 0.1) is 17.3 Å². The number of anilines is 1. The van der Waals surface area contributed by atoms with Crippen molar-refractivity contribution in [2.75, 3.05) is 11.9 Å². The summed E-state index contributed by atoms with van der Waals surface area (Å²) in [6, 6.07) is 18.6. The van der Waals surface area contributed by atoms with Gasteiger partial charge in [-0.2, -0.15) is 0 Å².